The van der Waals surface area contributed by atoms with Crippen LogP contribution in [-0.2, 0) is 14.3 Å². The lowest BCUT2D eigenvalue weighted by molar-refractivity contribution is -0.138. The smallest absolute Gasteiger partial charge is 0.248 e. The van der Waals surface area contributed by atoms with Gasteiger partial charge in [0.15, 0.2) is 0 Å². The quantitative estimate of drug-likeness (QED) is 0.818. The third-order valence-electron chi connectivity index (χ3n) is 5.51. The molecule has 2 atom stereocenters. The first kappa shape index (κ1) is 16.8. The molecule has 1 aromatic rings. The molecule has 0 radical (unpaired) electrons. The molecule has 25 heavy (non-hydrogen) atoms. The van der Waals surface area contributed by atoms with Crippen molar-refractivity contribution in [3.8, 4) is 5.88 Å². The van der Waals surface area contributed by atoms with Crippen molar-refractivity contribution in [2.45, 2.75) is 56.3 Å². The second kappa shape index (κ2) is 7.30. The summed E-state index contributed by atoms with van der Waals surface area (Å²) in [6.45, 7) is 2.14. The van der Waals surface area contributed by atoms with Crippen molar-refractivity contribution >= 4 is 5.91 Å². The average molecular weight is 346 g/mol. The van der Waals surface area contributed by atoms with E-state index in [0.29, 0.717) is 19.0 Å². The number of ether oxygens (including phenoxy) is 3. The molecule has 6 heteroatoms. The van der Waals surface area contributed by atoms with Crippen LogP contribution in [0.1, 0.15) is 38.5 Å². The maximum Gasteiger partial charge on any atom is 0.248 e. The molecule has 1 aromatic heterocycles. The first-order valence-corrected chi connectivity index (χ1v) is 9.33. The van der Waals surface area contributed by atoms with Crippen molar-refractivity contribution in [3.05, 3.63) is 24.4 Å². The van der Waals surface area contributed by atoms with Crippen molar-refractivity contribution in [1.82, 2.24) is 9.88 Å². The van der Waals surface area contributed by atoms with Gasteiger partial charge in [0.05, 0.1) is 18.3 Å². The summed E-state index contributed by atoms with van der Waals surface area (Å²) in [5, 5.41) is 0. The molecule has 0 aromatic carbocycles. The first-order valence-electron chi connectivity index (χ1n) is 9.33. The van der Waals surface area contributed by atoms with Crippen LogP contribution in [0.3, 0.4) is 0 Å². The van der Waals surface area contributed by atoms with Gasteiger partial charge in [0, 0.05) is 31.8 Å². The van der Waals surface area contributed by atoms with Gasteiger partial charge in [0.25, 0.3) is 0 Å². The monoisotopic (exact) mass is 346 g/mol. The molecule has 4 rings (SSSR count). The Balaban J connectivity index is 1.26. The molecule has 1 spiro atoms. The van der Waals surface area contributed by atoms with Gasteiger partial charge >= 0.3 is 0 Å². The Morgan fingerprint density at radius 3 is 3.00 bits per heavy atom. The molecule has 3 aliphatic rings. The number of amides is 1. The molecule has 0 unspecified atom stereocenters. The van der Waals surface area contributed by atoms with Crippen molar-refractivity contribution in [2.75, 3.05) is 26.3 Å². The molecule has 1 amide bonds. The van der Waals surface area contributed by atoms with Crippen LogP contribution in [0, 0.1) is 0 Å². The third-order valence-corrected chi connectivity index (χ3v) is 5.51. The van der Waals surface area contributed by atoms with E-state index in [1.54, 1.807) is 6.20 Å². The molecule has 136 valence electrons. The standard InChI is InChI=1S/C19H26N2O4/c22-18(13-23-15-5-1-2-6-15)21-10-8-19(14-21)11-16(12-24-19)25-17-7-3-4-9-20-17/h3-4,7,9,15-16H,1-2,5-6,8,10-14H2/t16-,19+/m1/s1. The van der Waals surface area contributed by atoms with Gasteiger partial charge in [-0.2, -0.15) is 0 Å². The summed E-state index contributed by atoms with van der Waals surface area (Å²) in [6, 6.07) is 5.64. The summed E-state index contributed by atoms with van der Waals surface area (Å²) >= 11 is 0. The van der Waals surface area contributed by atoms with Gasteiger partial charge in [-0.15, -0.1) is 0 Å². The minimum absolute atomic E-state index is 0.000286. The van der Waals surface area contributed by atoms with E-state index in [9.17, 15) is 4.79 Å². The number of hydrogen-bond donors (Lipinski definition) is 0. The topological polar surface area (TPSA) is 60.9 Å². The molecule has 0 N–H and O–H groups in total. The predicted octanol–water partition coefficient (Wildman–Crippen LogP) is 2.18. The maximum atomic E-state index is 12.4. The van der Waals surface area contributed by atoms with E-state index in [-0.39, 0.29) is 30.3 Å². The van der Waals surface area contributed by atoms with E-state index in [1.807, 2.05) is 23.1 Å². The molecule has 1 aliphatic carbocycles. The van der Waals surface area contributed by atoms with Gasteiger partial charge in [-0.05, 0) is 25.3 Å². The van der Waals surface area contributed by atoms with Gasteiger partial charge < -0.3 is 19.1 Å². The lowest BCUT2D eigenvalue weighted by atomic mass is 9.98. The highest BCUT2D eigenvalue weighted by molar-refractivity contribution is 5.78. The molecule has 6 nitrogen and oxygen atoms in total. The Bertz CT molecular complexity index is 590. The molecular weight excluding hydrogens is 320 g/mol. The number of aromatic nitrogens is 1. The van der Waals surface area contributed by atoms with Crippen molar-refractivity contribution in [3.63, 3.8) is 0 Å². The number of carbonyl (C=O) groups excluding carboxylic acids is 1. The van der Waals surface area contributed by atoms with E-state index in [1.165, 1.54) is 12.8 Å². The van der Waals surface area contributed by atoms with Gasteiger partial charge in [-0.1, -0.05) is 18.9 Å². The number of hydrogen-bond acceptors (Lipinski definition) is 5. The Labute approximate surface area is 148 Å². The summed E-state index contributed by atoms with van der Waals surface area (Å²) in [7, 11) is 0. The number of rotatable bonds is 5. The minimum Gasteiger partial charge on any atom is -0.472 e. The highest BCUT2D eigenvalue weighted by atomic mass is 16.6. The Morgan fingerprint density at radius 1 is 1.32 bits per heavy atom. The van der Waals surface area contributed by atoms with Crippen molar-refractivity contribution < 1.29 is 19.0 Å². The molecule has 1 saturated carbocycles. The lowest BCUT2D eigenvalue weighted by Crippen LogP contribution is -2.38. The molecule has 3 fully saturated rings. The van der Waals surface area contributed by atoms with Crippen LogP contribution in [-0.4, -0.2) is 59.9 Å². The third kappa shape index (κ3) is 3.96. The van der Waals surface area contributed by atoms with Crippen LogP contribution in [0.15, 0.2) is 24.4 Å². The molecule has 2 aliphatic heterocycles. The molecule has 3 heterocycles. The number of nitrogens with zero attached hydrogens (tertiary/aromatic N) is 2. The summed E-state index contributed by atoms with van der Waals surface area (Å²) < 4.78 is 17.7. The van der Waals surface area contributed by atoms with Crippen LogP contribution in [0.4, 0.5) is 0 Å². The van der Waals surface area contributed by atoms with E-state index < -0.39 is 0 Å². The zero-order chi connectivity index (χ0) is 17.1. The molecular formula is C19H26N2O4. The van der Waals surface area contributed by atoms with E-state index in [0.717, 1.165) is 32.2 Å². The maximum absolute atomic E-state index is 12.4. The minimum atomic E-state index is -0.261. The first-order chi connectivity index (χ1) is 12.2. The zero-order valence-corrected chi connectivity index (χ0v) is 14.6. The fraction of sp³-hybridized carbons (Fsp3) is 0.684. The largest absolute Gasteiger partial charge is 0.472 e. The summed E-state index contributed by atoms with van der Waals surface area (Å²) in [5.74, 6) is 0.713. The normalized spacial score (nSPS) is 29.6. The van der Waals surface area contributed by atoms with Gasteiger partial charge in [-0.3, -0.25) is 4.79 Å². The van der Waals surface area contributed by atoms with Crippen molar-refractivity contribution in [2.24, 2.45) is 0 Å². The highest BCUT2D eigenvalue weighted by Gasteiger charge is 2.47. The number of likely N-dealkylation sites (tertiary alicyclic amines) is 1. The van der Waals surface area contributed by atoms with E-state index >= 15 is 0 Å². The average Bonchev–Trinajstić information content (AvgIpc) is 3.37. The Hall–Kier alpha value is -1.66. The lowest BCUT2D eigenvalue weighted by Gasteiger charge is -2.23. The van der Waals surface area contributed by atoms with Crippen LogP contribution in [0.5, 0.6) is 5.88 Å². The van der Waals surface area contributed by atoms with Crippen LogP contribution in [0.2, 0.25) is 0 Å². The summed E-state index contributed by atoms with van der Waals surface area (Å²) in [5.41, 5.74) is -0.261. The second-order valence-electron chi connectivity index (χ2n) is 7.39. The van der Waals surface area contributed by atoms with Crippen molar-refractivity contribution in [1.29, 1.82) is 0 Å². The van der Waals surface area contributed by atoms with E-state index in [2.05, 4.69) is 4.98 Å². The fourth-order valence-electron chi connectivity index (χ4n) is 4.14. The van der Waals surface area contributed by atoms with E-state index in [4.69, 9.17) is 14.2 Å². The molecule has 0 bridgehead atoms. The second-order valence-corrected chi connectivity index (χ2v) is 7.39. The van der Waals surface area contributed by atoms with Crippen LogP contribution >= 0.6 is 0 Å². The Kier molecular flexibility index (Phi) is 4.90. The van der Waals surface area contributed by atoms with Crippen LogP contribution < -0.4 is 4.74 Å². The number of carbonyl (C=O) groups is 1. The number of pyridine rings is 1. The zero-order valence-electron chi connectivity index (χ0n) is 14.6. The Morgan fingerprint density at radius 2 is 2.20 bits per heavy atom. The highest BCUT2D eigenvalue weighted by Crippen LogP contribution is 2.36. The fourth-order valence-corrected chi connectivity index (χ4v) is 4.14. The van der Waals surface area contributed by atoms with Gasteiger partial charge in [0.2, 0.25) is 11.8 Å². The summed E-state index contributed by atoms with van der Waals surface area (Å²) in [4.78, 5) is 18.5. The van der Waals surface area contributed by atoms with Gasteiger partial charge in [-0.25, -0.2) is 4.98 Å². The predicted molar refractivity (Wildman–Crippen MR) is 91.4 cm³/mol. The SMILES string of the molecule is O=C(COC1CCCC1)N1CC[C@]2(C[C@@H](Oc3ccccn3)CO2)C1. The summed E-state index contributed by atoms with van der Waals surface area (Å²) in [6.07, 6.45) is 8.29. The molecule has 2 saturated heterocycles. The van der Waals surface area contributed by atoms with Gasteiger partial charge in [0.1, 0.15) is 12.7 Å². The van der Waals surface area contributed by atoms with Crippen LogP contribution in [0.25, 0.3) is 0 Å².